The van der Waals surface area contributed by atoms with Crippen molar-refractivity contribution in [2.24, 2.45) is 0 Å². The molecule has 9 nitrogen and oxygen atoms in total. The molecule has 10 heteroatoms. The predicted octanol–water partition coefficient (Wildman–Crippen LogP) is 1.97. The van der Waals surface area contributed by atoms with Crippen LogP contribution < -0.4 is 11.3 Å². The first kappa shape index (κ1) is 19.1. The number of thiophene rings is 1. The van der Waals surface area contributed by atoms with Crippen molar-refractivity contribution >= 4 is 39.0 Å². The molecule has 0 aliphatic carbocycles. The van der Waals surface area contributed by atoms with Gasteiger partial charge < -0.3 is 15.2 Å². The first-order valence-electron chi connectivity index (χ1n) is 8.10. The number of nitriles is 1. The summed E-state index contributed by atoms with van der Waals surface area (Å²) < 4.78 is 10.2. The molecule has 0 spiro atoms. The summed E-state index contributed by atoms with van der Waals surface area (Å²) in [4.78, 5) is 36.6. The number of nitrogen functional groups attached to an aromatic ring is 1. The lowest BCUT2D eigenvalue weighted by Gasteiger charge is -2.07. The molecule has 0 aliphatic rings. The molecule has 3 N–H and O–H groups in total. The van der Waals surface area contributed by atoms with Crippen molar-refractivity contribution in [3.63, 3.8) is 0 Å². The average Bonchev–Trinajstić information content (AvgIpc) is 3.02. The first-order chi connectivity index (χ1) is 13.5. The van der Waals surface area contributed by atoms with E-state index in [1.54, 1.807) is 31.2 Å². The van der Waals surface area contributed by atoms with E-state index in [1.807, 2.05) is 6.07 Å². The van der Waals surface area contributed by atoms with Gasteiger partial charge >= 0.3 is 11.9 Å². The summed E-state index contributed by atoms with van der Waals surface area (Å²) in [6.07, 6.45) is 0. The number of fused-ring (bicyclic) bond motifs is 1. The summed E-state index contributed by atoms with van der Waals surface area (Å²) in [6, 6.07) is 8.35. The maximum atomic E-state index is 12.5. The molecule has 0 amide bonds. The normalized spacial score (nSPS) is 10.4. The number of hydrogen-bond acceptors (Lipinski definition) is 9. The number of aromatic amines is 1. The van der Waals surface area contributed by atoms with Crippen molar-refractivity contribution in [3.8, 4) is 6.07 Å². The number of aromatic nitrogens is 2. The zero-order valence-corrected chi connectivity index (χ0v) is 15.5. The Morgan fingerprint density at radius 3 is 2.64 bits per heavy atom. The van der Waals surface area contributed by atoms with E-state index in [4.69, 9.17) is 15.2 Å². The fourth-order valence-corrected chi connectivity index (χ4v) is 3.50. The van der Waals surface area contributed by atoms with Gasteiger partial charge in [0, 0.05) is 10.9 Å². The summed E-state index contributed by atoms with van der Waals surface area (Å²) >= 11 is 0.892. The number of ether oxygens (including phenoxy) is 2. The quantitative estimate of drug-likeness (QED) is 0.620. The number of carbonyl (C=O) groups excluding carboxylic acids is 2. The minimum atomic E-state index is -0.823. The van der Waals surface area contributed by atoms with Gasteiger partial charge in [-0.25, -0.2) is 14.7 Å². The highest BCUT2D eigenvalue weighted by molar-refractivity contribution is 7.18. The fourth-order valence-electron chi connectivity index (χ4n) is 2.58. The van der Waals surface area contributed by atoms with Crippen LogP contribution in [0.3, 0.4) is 0 Å². The van der Waals surface area contributed by atoms with Gasteiger partial charge in [0.25, 0.3) is 5.56 Å². The van der Waals surface area contributed by atoms with Crippen molar-refractivity contribution in [1.82, 2.24) is 10.2 Å². The van der Waals surface area contributed by atoms with Crippen LogP contribution in [0.15, 0.2) is 29.1 Å². The number of nitrogens with one attached hydrogen (secondary N) is 1. The van der Waals surface area contributed by atoms with Gasteiger partial charge in [-0.3, -0.25) is 4.79 Å². The highest BCUT2D eigenvalue weighted by atomic mass is 32.1. The molecule has 2 heterocycles. The number of anilines is 1. The Kier molecular flexibility index (Phi) is 5.37. The summed E-state index contributed by atoms with van der Waals surface area (Å²) in [7, 11) is 0. The minimum Gasteiger partial charge on any atom is -0.462 e. The molecule has 0 radical (unpaired) electrons. The standard InChI is InChI=1S/C18H14N4O5S/c1-2-26-18(25)14-12(11(7-19)15(20)28-14)8-27-17(24)13-9-5-3-4-6-10(9)16(23)22-21-13/h3-6H,2,8,20H2,1H3,(H,22,23). The zero-order valence-electron chi connectivity index (χ0n) is 14.6. The SMILES string of the molecule is CCOC(=O)c1sc(N)c(C#N)c1COC(=O)c1n[nH]c(=O)c2ccccc12. The number of nitrogens with zero attached hydrogens (tertiary/aromatic N) is 2. The number of nitrogens with two attached hydrogens (primary N) is 1. The summed E-state index contributed by atoms with van der Waals surface area (Å²) in [5.41, 5.74) is 5.49. The molecule has 1 aromatic carbocycles. The molecular formula is C18H14N4O5S. The van der Waals surface area contributed by atoms with Gasteiger partial charge in [0.15, 0.2) is 5.69 Å². The lowest BCUT2D eigenvalue weighted by Crippen LogP contribution is -2.16. The Bertz CT molecular complexity index is 1170. The van der Waals surface area contributed by atoms with Crippen molar-refractivity contribution in [1.29, 1.82) is 5.26 Å². The van der Waals surface area contributed by atoms with Gasteiger partial charge in [-0.15, -0.1) is 11.3 Å². The van der Waals surface area contributed by atoms with Crippen LogP contribution in [0.25, 0.3) is 10.8 Å². The van der Waals surface area contributed by atoms with E-state index in [2.05, 4.69) is 10.2 Å². The number of H-pyrrole nitrogens is 1. The van der Waals surface area contributed by atoms with E-state index >= 15 is 0 Å². The number of esters is 2. The summed E-state index contributed by atoms with van der Waals surface area (Å²) in [5, 5.41) is 16.1. The Labute approximate surface area is 162 Å². The highest BCUT2D eigenvalue weighted by Gasteiger charge is 2.25. The minimum absolute atomic E-state index is 0.0557. The molecule has 28 heavy (non-hydrogen) atoms. The first-order valence-corrected chi connectivity index (χ1v) is 8.92. The van der Waals surface area contributed by atoms with Crippen LogP contribution in [0.2, 0.25) is 0 Å². The molecule has 0 atom stereocenters. The van der Waals surface area contributed by atoms with Gasteiger partial charge in [-0.2, -0.15) is 10.4 Å². The summed E-state index contributed by atoms with van der Waals surface area (Å²) in [6.45, 7) is 1.41. The Balaban J connectivity index is 1.92. The molecule has 0 unspecified atom stereocenters. The van der Waals surface area contributed by atoms with E-state index in [9.17, 15) is 19.6 Å². The third kappa shape index (κ3) is 3.43. The monoisotopic (exact) mass is 398 g/mol. The Morgan fingerprint density at radius 2 is 1.96 bits per heavy atom. The second-order valence-electron chi connectivity index (χ2n) is 5.50. The second-order valence-corrected chi connectivity index (χ2v) is 6.56. The van der Waals surface area contributed by atoms with Crippen molar-refractivity contribution < 1.29 is 19.1 Å². The van der Waals surface area contributed by atoms with Crippen LogP contribution in [0.5, 0.6) is 0 Å². The molecule has 0 bridgehead atoms. The molecule has 0 fully saturated rings. The average molecular weight is 398 g/mol. The lowest BCUT2D eigenvalue weighted by atomic mass is 10.1. The van der Waals surface area contributed by atoms with Crippen LogP contribution in [-0.2, 0) is 16.1 Å². The molecule has 2 aromatic heterocycles. The second kappa shape index (κ2) is 7.89. The van der Waals surface area contributed by atoms with Gasteiger partial charge in [-0.1, -0.05) is 18.2 Å². The van der Waals surface area contributed by atoms with E-state index in [0.717, 1.165) is 11.3 Å². The molecule has 0 aliphatic heterocycles. The van der Waals surface area contributed by atoms with Gasteiger partial charge in [-0.05, 0) is 13.0 Å². The number of rotatable bonds is 5. The van der Waals surface area contributed by atoms with Crippen LogP contribution in [0.1, 0.15) is 38.2 Å². The van der Waals surface area contributed by atoms with E-state index in [1.165, 1.54) is 0 Å². The van der Waals surface area contributed by atoms with Gasteiger partial charge in [0.2, 0.25) is 0 Å². The lowest BCUT2D eigenvalue weighted by molar-refractivity contribution is 0.0448. The highest BCUT2D eigenvalue weighted by Crippen LogP contribution is 2.32. The maximum absolute atomic E-state index is 12.5. The van der Waals surface area contributed by atoms with Crippen molar-refractivity contribution in [2.45, 2.75) is 13.5 Å². The van der Waals surface area contributed by atoms with Crippen molar-refractivity contribution in [3.05, 3.63) is 56.3 Å². The molecule has 0 saturated carbocycles. The molecule has 3 aromatic rings. The van der Waals surface area contributed by atoms with Crippen LogP contribution >= 0.6 is 11.3 Å². The third-order valence-corrected chi connectivity index (χ3v) is 4.89. The van der Waals surface area contributed by atoms with Crippen LogP contribution in [0, 0.1) is 11.3 Å². The van der Waals surface area contributed by atoms with E-state index < -0.39 is 17.5 Å². The van der Waals surface area contributed by atoms with Crippen LogP contribution in [0.4, 0.5) is 5.00 Å². The molecular weight excluding hydrogens is 384 g/mol. The Morgan fingerprint density at radius 1 is 1.25 bits per heavy atom. The molecule has 3 rings (SSSR count). The van der Waals surface area contributed by atoms with Gasteiger partial charge in [0.1, 0.15) is 22.6 Å². The van der Waals surface area contributed by atoms with Crippen molar-refractivity contribution in [2.75, 3.05) is 12.3 Å². The van der Waals surface area contributed by atoms with E-state index in [0.29, 0.717) is 5.39 Å². The predicted molar refractivity (Wildman–Crippen MR) is 101 cm³/mol. The summed E-state index contributed by atoms with van der Waals surface area (Å²) in [5.74, 6) is -1.48. The largest absolute Gasteiger partial charge is 0.462 e. The van der Waals surface area contributed by atoms with E-state index in [-0.39, 0.29) is 45.3 Å². The number of carbonyl (C=O) groups is 2. The number of hydrogen-bond donors (Lipinski definition) is 2. The zero-order chi connectivity index (χ0) is 20.3. The Hall–Kier alpha value is -3.71. The number of benzene rings is 1. The van der Waals surface area contributed by atoms with Crippen LogP contribution in [-0.4, -0.2) is 28.7 Å². The smallest absolute Gasteiger partial charge is 0.359 e. The maximum Gasteiger partial charge on any atom is 0.359 e. The third-order valence-electron chi connectivity index (χ3n) is 3.84. The molecule has 0 saturated heterocycles. The van der Waals surface area contributed by atoms with Gasteiger partial charge in [0.05, 0.1) is 17.6 Å². The fraction of sp³-hybridized carbons (Fsp3) is 0.167. The topological polar surface area (TPSA) is 148 Å². The molecule has 142 valence electrons.